The van der Waals surface area contributed by atoms with Gasteiger partial charge in [0.25, 0.3) is 5.91 Å². The van der Waals surface area contributed by atoms with E-state index in [9.17, 15) is 13.2 Å². The average molecular weight is 389 g/mol. The molecule has 2 aliphatic rings. The van der Waals surface area contributed by atoms with Crippen molar-refractivity contribution in [3.8, 4) is 0 Å². The maximum atomic E-state index is 12.8. The SMILES string of the molecule is CS(=O)(=O)N1CCc2cc(C(=O)N[C@@H]3CCSc4ccccc43)ccc21. The summed E-state index contributed by atoms with van der Waals surface area (Å²) in [4.78, 5) is 14.0. The Hall–Kier alpha value is -1.99. The Balaban J connectivity index is 1.56. The van der Waals surface area contributed by atoms with Gasteiger partial charge in [0.15, 0.2) is 0 Å². The molecule has 1 amide bonds. The summed E-state index contributed by atoms with van der Waals surface area (Å²) >= 11 is 1.82. The predicted molar refractivity (Wildman–Crippen MR) is 104 cm³/mol. The Morgan fingerprint density at radius 3 is 2.85 bits per heavy atom. The lowest BCUT2D eigenvalue weighted by Gasteiger charge is -2.26. The predicted octanol–water partition coefficient (Wildman–Crippen LogP) is 2.98. The average Bonchev–Trinajstić information content (AvgIpc) is 3.05. The molecular weight excluding hydrogens is 368 g/mol. The second kappa shape index (κ2) is 6.63. The zero-order valence-corrected chi connectivity index (χ0v) is 16.1. The highest BCUT2D eigenvalue weighted by molar-refractivity contribution is 7.99. The van der Waals surface area contributed by atoms with Gasteiger partial charge in [-0.25, -0.2) is 8.42 Å². The first-order chi connectivity index (χ1) is 12.4. The van der Waals surface area contributed by atoms with Crippen molar-refractivity contribution in [2.75, 3.05) is 22.9 Å². The van der Waals surface area contributed by atoms with Crippen LogP contribution in [0.4, 0.5) is 5.69 Å². The summed E-state index contributed by atoms with van der Waals surface area (Å²) in [5.74, 6) is 0.868. The molecule has 0 spiro atoms. The highest BCUT2D eigenvalue weighted by atomic mass is 32.2. The molecule has 2 aromatic carbocycles. The molecule has 136 valence electrons. The van der Waals surface area contributed by atoms with Gasteiger partial charge in [0.2, 0.25) is 10.0 Å². The first-order valence-corrected chi connectivity index (χ1v) is 11.4. The first kappa shape index (κ1) is 17.4. The van der Waals surface area contributed by atoms with E-state index in [1.54, 1.807) is 12.1 Å². The summed E-state index contributed by atoms with van der Waals surface area (Å²) < 4.78 is 25.1. The number of sulfonamides is 1. The third-order valence-corrected chi connectivity index (χ3v) is 7.16. The number of anilines is 1. The van der Waals surface area contributed by atoms with Crippen LogP contribution < -0.4 is 9.62 Å². The quantitative estimate of drug-likeness (QED) is 0.878. The summed E-state index contributed by atoms with van der Waals surface area (Å²) in [7, 11) is -3.27. The minimum absolute atomic E-state index is 0.0146. The maximum Gasteiger partial charge on any atom is 0.251 e. The highest BCUT2D eigenvalue weighted by Gasteiger charge is 2.27. The lowest BCUT2D eigenvalue weighted by Crippen LogP contribution is -2.30. The van der Waals surface area contributed by atoms with Crippen molar-refractivity contribution < 1.29 is 13.2 Å². The third-order valence-electron chi connectivity index (χ3n) is 4.86. The molecule has 2 heterocycles. The van der Waals surface area contributed by atoms with Crippen LogP contribution in [-0.2, 0) is 16.4 Å². The lowest BCUT2D eigenvalue weighted by molar-refractivity contribution is 0.0935. The van der Waals surface area contributed by atoms with Gasteiger partial charge in [-0.1, -0.05) is 18.2 Å². The van der Waals surface area contributed by atoms with Crippen LogP contribution in [0.2, 0.25) is 0 Å². The molecule has 0 bridgehead atoms. The number of fused-ring (bicyclic) bond motifs is 2. The summed E-state index contributed by atoms with van der Waals surface area (Å²) in [6, 6.07) is 13.5. The van der Waals surface area contributed by atoms with Crippen LogP contribution in [0, 0.1) is 0 Å². The van der Waals surface area contributed by atoms with E-state index in [1.165, 1.54) is 21.0 Å². The molecule has 0 fully saturated rings. The van der Waals surface area contributed by atoms with Gasteiger partial charge >= 0.3 is 0 Å². The Kier molecular flexibility index (Phi) is 4.44. The molecule has 0 saturated carbocycles. The second-order valence-electron chi connectivity index (χ2n) is 6.63. The summed E-state index contributed by atoms with van der Waals surface area (Å²) in [5, 5.41) is 3.14. The van der Waals surface area contributed by atoms with E-state index < -0.39 is 10.0 Å². The van der Waals surface area contributed by atoms with E-state index in [1.807, 2.05) is 30.0 Å². The van der Waals surface area contributed by atoms with Crippen LogP contribution in [-0.4, -0.2) is 32.9 Å². The molecule has 4 rings (SSSR count). The fraction of sp³-hybridized carbons (Fsp3) is 0.316. The molecule has 0 aromatic heterocycles. The normalized spacial score (nSPS) is 19.0. The second-order valence-corrected chi connectivity index (χ2v) is 9.67. The zero-order valence-electron chi connectivity index (χ0n) is 14.4. The maximum absolute atomic E-state index is 12.8. The third kappa shape index (κ3) is 3.21. The number of nitrogens with zero attached hydrogens (tertiary/aromatic N) is 1. The molecule has 5 nitrogen and oxygen atoms in total. The van der Waals surface area contributed by atoms with Crippen molar-refractivity contribution in [3.63, 3.8) is 0 Å². The summed E-state index contributed by atoms with van der Waals surface area (Å²) in [6.45, 7) is 0.437. The number of rotatable bonds is 3. The van der Waals surface area contributed by atoms with Crippen molar-refractivity contribution in [3.05, 3.63) is 59.2 Å². The van der Waals surface area contributed by atoms with E-state index in [0.29, 0.717) is 24.2 Å². The number of thioether (sulfide) groups is 1. The molecule has 1 N–H and O–H groups in total. The van der Waals surface area contributed by atoms with Crippen LogP contribution in [0.15, 0.2) is 47.4 Å². The topological polar surface area (TPSA) is 66.5 Å². The zero-order chi connectivity index (χ0) is 18.3. The molecule has 26 heavy (non-hydrogen) atoms. The molecule has 2 aromatic rings. The van der Waals surface area contributed by atoms with Crippen LogP contribution in [0.1, 0.15) is 33.9 Å². The Labute approximate surface area is 157 Å². The Morgan fingerprint density at radius 2 is 2.04 bits per heavy atom. The van der Waals surface area contributed by atoms with E-state index in [0.717, 1.165) is 17.7 Å². The van der Waals surface area contributed by atoms with Gasteiger partial charge in [-0.3, -0.25) is 9.10 Å². The van der Waals surface area contributed by atoms with E-state index in [2.05, 4.69) is 17.4 Å². The largest absolute Gasteiger partial charge is 0.345 e. The monoisotopic (exact) mass is 388 g/mol. The van der Waals surface area contributed by atoms with Gasteiger partial charge in [-0.05, 0) is 48.2 Å². The van der Waals surface area contributed by atoms with Gasteiger partial charge in [0, 0.05) is 22.8 Å². The lowest BCUT2D eigenvalue weighted by atomic mass is 10.0. The molecular formula is C19H20N2O3S2. The van der Waals surface area contributed by atoms with Gasteiger partial charge in [0.05, 0.1) is 18.0 Å². The number of hydrogen-bond donors (Lipinski definition) is 1. The fourth-order valence-corrected chi connectivity index (χ4v) is 5.67. The Morgan fingerprint density at radius 1 is 1.23 bits per heavy atom. The fourth-order valence-electron chi connectivity index (χ4n) is 3.59. The van der Waals surface area contributed by atoms with Gasteiger partial charge in [0.1, 0.15) is 0 Å². The standard InChI is InChI=1S/C19H20N2O3S2/c1-26(23,24)21-10-8-13-12-14(6-7-17(13)21)19(22)20-16-9-11-25-18-5-3-2-4-15(16)18/h2-7,12,16H,8-11H2,1H3,(H,20,22)/t16-/m1/s1. The minimum atomic E-state index is -3.27. The Bertz CT molecular complexity index is 972. The van der Waals surface area contributed by atoms with Gasteiger partial charge in [-0.15, -0.1) is 11.8 Å². The molecule has 0 radical (unpaired) electrons. The van der Waals surface area contributed by atoms with Crippen LogP contribution in [0.25, 0.3) is 0 Å². The minimum Gasteiger partial charge on any atom is -0.345 e. The molecule has 0 unspecified atom stereocenters. The van der Waals surface area contributed by atoms with Crippen molar-refractivity contribution in [2.24, 2.45) is 0 Å². The van der Waals surface area contributed by atoms with Crippen molar-refractivity contribution in [1.82, 2.24) is 5.32 Å². The number of amides is 1. The molecule has 0 saturated heterocycles. The number of carbonyl (C=O) groups is 1. The van der Waals surface area contributed by atoms with Crippen LogP contribution >= 0.6 is 11.8 Å². The summed E-state index contributed by atoms with van der Waals surface area (Å²) in [6.07, 6.45) is 2.74. The van der Waals surface area contributed by atoms with Crippen LogP contribution in [0.5, 0.6) is 0 Å². The molecule has 1 atom stereocenters. The number of nitrogens with one attached hydrogen (secondary N) is 1. The number of hydrogen-bond acceptors (Lipinski definition) is 4. The smallest absolute Gasteiger partial charge is 0.251 e. The number of benzene rings is 2. The summed E-state index contributed by atoms with van der Waals surface area (Å²) in [5.41, 5.74) is 3.34. The van der Waals surface area contributed by atoms with Gasteiger partial charge < -0.3 is 5.32 Å². The van der Waals surface area contributed by atoms with Crippen molar-refractivity contribution in [1.29, 1.82) is 0 Å². The van der Waals surface area contributed by atoms with Crippen molar-refractivity contribution in [2.45, 2.75) is 23.8 Å². The van der Waals surface area contributed by atoms with E-state index in [4.69, 9.17) is 0 Å². The molecule has 7 heteroatoms. The van der Waals surface area contributed by atoms with E-state index in [-0.39, 0.29) is 11.9 Å². The van der Waals surface area contributed by atoms with E-state index >= 15 is 0 Å². The molecule has 0 aliphatic carbocycles. The first-order valence-electron chi connectivity index (χ1n) is 8.57. The highest BCUT2D eigenvalue weighted by Crippen LogP contribution is 2.36. The van der Waals surface area contributed by atoms with Crippen LogP contribution in [0.3, 0.4) is 0 Å². The van der Waals surface area contributed by atoms with Crippen molar-refractivity contribution >= 4 is 33.4 Å². The molecule has 2 aliphatic heterocycles. The van der Waals surface area contributed by atoms with Gasteiger partial charge in [-0.2, -0.15) is 0 Å². The number of carbonyl (C=O) groups excluding carboxylic acids is 1.